The average Bonchev–Trinajstić information content (AvgIpc) is 2.86. The standard InChI is InChI=1S/C30H35ClN2O2S/c1-22(2)18-32-30(35)28(17-24-8-5-4-6-9-24)33(19-25-14-12-23(3)13-15-25)29(34)21-36-20-26-10-7-11-27(31)16-26/h4-16,22,28H,17-21H2,1-3H3,(H,32,35). The summed E-state index contributed by atoms with van der Waals surface area (Å²) in [4.78, 5) is 28.8. The number of amides is 2. The first-order valence-corrected chi connectivity index (χ1v) is 13.8. The molecule has 0 bridgehead atoms. The van der Waals surface area contributed by atoms with Crippen LogP contribution in [-0.2, 0) is 28.3 Å². The molecule has 3 aromatic carbocycles. The fraction of sp³-hybridized carbons (Fsp3) is 0.333. The third-order valence-corrected chi connectivity index (χ3v) is 7.04. The Morgan fingerprint density at radius 3 is 2.28 bits per heavy atom. The second-order valence-electron chi connectivity index (χ2n) is 9.47. The molecule has 3 rings (SSSR count). The topological polar surface area (TPSA) is 49.4 Å². The van der Waals surface area contributed by atoms with Crippen LogP contribution < -0.4 is 5.32 Å². The van der Waals surface area contributed by atoms with E-state index in [1.165, 1.54) is 11.8 Å². The van der Waals surface area contributed by atoms with Crippen molar-refractivity contribution in [3.05, 3.63) is 106 Å². The van der Waals surface area contributed by atoms with Gasteiger partial charge in [-0.3, -0.25) is 9.59 Å². The van der Waals surface area contributed by atoms with Gasteiger partial charge in [-0.15, -0.1) is 11.8 Å². The molecule has 4 nitrogen and oxygen atoms in total. The third kappa shape index (κ3) is 9.03. The summed E-state index contributed by atoms with van der Waals surface area (Å²) in [7, 11) is 0. The number of carbonyl (C=O) groups excluding carboxylic acids is 2. The molecule has 1 unspecified atom stereocenters. The van der Waals surface area contributed by atoms with Crippen LogP contribution in [0.1, 0.15) is 36.1 Å². The highest BCUT2D eigenvalue weighted by Gasteiger charge is 2.30. The van der Waals surface area contributed by atoms with Crippen molar-refractivity contribution in [1.82, 2.24) is 10.2 Å². The van der Waals surface area contributed by atoms with Crippen LogP contribution in [-0.4, -0.2) is 35.1 Å². The van der Waals surface area contributed by atoms with Crippen molar-refractivity contribution in [2.24, 2.45) is 5.92 Å². The summed E-state index contributed by atoms with van der Waals surface area (Å²) in [6, 6.07) is 25.1. The third-order valence-electron chi connectivity index (χ3n) is 5.81. The van der Waals surface area contributed by atoms with Crippen molar-refractivity contribution in [2.45, 2.75) is 45.5 Å². The first kappa shape index (κ1) is 27.8. The number of thioether (sulfide) groups is 1. The Balaban J connectivity index is 1.83. The summed E-state index contributed by atoms with van der Waals surface area (Å²) >= 11 is 7.65. The van der Waals surface area contributed by atoms with Crippen LogP contribution in [0.3, 0.4) is 0 Å². The highest BCUT2D eigenvalue weighted by atomic mass is 35.5. The Kier molecular flexibility index (Phi) is 10.9. The zero-order chi connectivity index (χ0) is 25.9. The van der Waals surface area contributed by atoms with E-state index in [2.05, 4.69) is 19.2 Å². The van der Waals surface area contributed by atoms with Gasteiger partial charge in [0.25, 0.3) is 0 Å². The Bertz CT molecular complexity index is 1120. The molecule has 1 atom stereocenters. The van der Waals surface area contributed by atoms with Crippen LogP contribution in [0.5, 0.6) is 0 Å². The van der Waals surface area contributed by atoms with Crippen molar-refractivity contribution < 1.29 is 9.59 Å². The molecule has 2 amide bonds. The van der Waals surface area contributed by atoms with Crippen LogP contribution in [0.25, 0.3) is 0 Å². The quantitative estimate of drug-likeness (QED) is 0.304. The monoisotopic (exact) mass is 522 g/mol. The lowest BCUT2D eigenvalue weighted by atomic mass is 10.0. The number of nitrogens with one attached hydrogen (secondary N) is 1. The van der Waals surface area contributed by atoms with E-state index < -0.39 is 6.04 Å². The van der Waals surface area contributed by atoms with E-state index in [0.717, 1.165) is 22.3 Å². The van der Waals surface area contributed by atoms with Gasteiger partial charge in [-0.2, -0.15) is 0 Å². The summed E-state index contributed by atoms with van der Waals surface area (Å²) in [5.41, 5.74) is 4.25. The average molecular weight is 523 g/mol. The molecule has 36 heavy (non-hydrogen) atoms. The number of carbonyl (C=O) groups is 2. The number of rotatable bonds is 12. The number of halogens is 1. The van der Waals surface area contributed by atoms with Gasteiger partial charge in [0.15, 0.2) is 0 Å². The second-order valence-corrected chi connectivity index (χ2v) is 10.9. The van der Waals surface area contributed by atoms with Gasteiger partial charge >= 0.3 is 0 Å². The van der Waals surface area contributed by atoms with E-state index in [0.29, 0.717) is 36.2 Å². The second kappa shape index (κ2) is 14.1. The van der Waals surface area contributed by atoms with Crippen molar-refractivity contribution in [3.63, 3.8) is 0 Å². The summed E-state index contributed by atoms with van der Waals surface area (Å²) in [6.45, 7) is 7.11. The van der Waals surface area contributed by atoms with Gasteiger partial charge in [-0.1, -0.05) is 97.7 Å². The van der Waals surface area contributed by atoms with Gasteiger partial charge in [-0.25, -0.2) is 0 Å². The molecule has 0 aromatic heterocycles. The molecule has 1 N–H and O–H groups in total. The van der Waals surface area contributed by atoms with E-state index in [-0.39, 0.29) is 17.6 Å². The van der Waals surface area contributed by atoms with Crippen LogP contribution in [0.4, 0.5) is 0 Å². The van der Waals surface area contributed by atoms with Crippen molar-refractivity contribution in [1.29, 1.82) is 0 Å². The van der Waals surface area contributed by atoms with Gasteiger partial charge in [-0.05, 0) is 41.7 Å². The molecule has 3 aromatic rings. The maximum absolute atomic E-state index is 13.6. The molecule has 0 spiro atoms. The maximum Gasteiger partial charge on any atom is 0.243 e. The smallest absolute Gasteiger partial charge is 0.243 e. The van der Waals surface area contributed by atoms with Crippen LogP contribution in [0.2, 0.25) is 5.02 Å². The minimum atomic E-state index is -0.605. The van der Waals surface area contributed by atoms with E-state index in [1.807, 2.05) is 85.8 Å². The van der Waals surface area contributed by atoms with Gasteiger partial charge in [0.2, 0.25) is 11.8 Å². The summed E-state index contributed by atoms with van der Waals surface area (Å²) < 4.78 is 0. The maximum atomic E-state index is 13.6. The number of hydrogen-bond donors (Lipinski definition) is 1. The molecule has 0 heterocycles. The number of aryl methyl sites for hydroxylation is 1. The molecule has 190 valence electrons. The van der Waals surface area contributed by atoms with Crippen LogP contribution in [0.15, 0.2) is 78.9 Å². The van der Waals surface area contributed by atoms with Crippen LogP contribution in [0, 0.1) is 12.8 Å². The zero-order valence-electron chi connectivity index (χ0n) is 21.2. The van der Waals surface area contributed by atoms with Crippen molar-refractivity contribution in [2.75, 3.05) is 12.3 Å². The Morgan fingerprint density at radius 2 is 1.61 bits per heavy atom. The Labute approximate surface area is 224 Å². The van der Waals surface area contributed by atoms with Gasteiger partial charge in [0, 0.05) is 30.3 Å². The predicted octanol–water partition coefficient (Wildman–Crippen LogP) is 6.29. The summed E-state index contributed by atoms with van der Waals surface area (Å²) in [5, 5.41) is 3.75. The molecule has 0 saturated carbocycles. The van der Waals surface area contributed by atoms with Gasteiger partial charge in [0.1, 0.15) is 6.04 Å². The molecule has 6 heteroatoms. The summed E-state index contributed by atoms with van der Waals surface area (Å²) in [5.74, 6) is 1.10. The first-order chi connectivity index (χ1) is 17.3. The predicted molar refractivity (Wildman–Crippen MR) is 151 cm³/mol. The molecule has 0 aliphatic carbocycles. The van der Waals surface area contributed by atoms with Crippen molar-refractivity contribution >= 4 is 35.2 Å². The molecular weight excluding hydrogens is 488 g/mol. The number of benzene rings is 3. The van der Waals surface area contributed by atoms with Crippen LogP contribution >= 0.6 is 23.4 Å². The van der Waals surface area contributed by atoms with E-state index in [4.69, 9.17) is 11.6 Å². The number of hydrogen-bond acceptors (Lipinski definition) is 3. The number of nitrogens with zero attached hydrogens (tertiary/aromatic N) is 1. The molecule has 0 radical (unpaired) electrons. The summed E-state index contributed by atoms with van der Waals surface area (Å²) in [6.07, 6.45) is 0.460. The van der Waals surface area contributed by atoms with E-state index in [1.54, 1.807) is 4.90 Å². The van der Waals surface area contributed by atoms with Gasteiger partial charge in [0.05, 0.1) is 5.75 Å². The lowest BCUT2D eigenvalue weighted by Gasteiger charge is -2.32. The molecule has 0 aliphatic heterocycles. The lowest BCUT2D eigenvalue weighted by molar-refractivity contribution is -0.139. The van der Waals surface area contributed by atoms with Crippen molar-refractivity contribution in [3.8, 4) is 0 Å². The first-order valence-electron chi connectivity index (χ1n) is 12.3. The largest absolute Gasteiger partial charge is 0.354 e. The highest BCUT2D eigenvalue weighted by molar-refractivity contribution is 7.99. The molecule has 0 fully saturated rings. The Morgan fingerprint density at radius 1 is 0.917 bits per heavy atom. The normalized spacial score (nSPS) is 11.8. The van der Waals surface area contributed by atoms with E-state index in [9.17, 15) is 9.59 Å². The molecular formula is C30H35ClN2O2S. The van der Waals surface area contributed by atoms with Gasteiger partial charge < -0.3 is 10.2 Å². The molecule has 0 saturated heterocycles. The fourth-order valence-electron chi connectivity index (χ4n) is 3.83. The fourth-order valence-corrected chi connectivity index (χ4v) is 4.90. The lowest BCUT2D eigenvalue weighted by Crippen LogP contribution is -2.51. The highest BCUT2D eigenvalue weighted by Crippen LogP contribution is 2.20. The SMILES string of the molecule is Cc1ccc(CN(C(=O)CSCc2cccc(Cl)c2)C(Cc2ccccc2)C(=O)NCC(C)C)cc1. The Hall–Kier alpha value is -2.76. The minimum Gasteiger partial charge on any atom is -0.354 e. The van der Waals surface area contributed by atoms with E-state index >= 15 is 0 Å². The minimum absolute atomic E-state index is 0.0526. The molecule has 0 aliphatic rings. The zero-order valence-corrected chi connectivity index (χ0v) is 22.8.